The summed E-state index contributed by atoms with van der Waals surface area (Å²) in [5.74, 6) is 1.89. The lowest BCUT2D eigenvalue weighted by Gasteiger charge is -2.43. The monoisotopic (exact) mass is 409 g/mol. The Balaban J connectivity index is 1.31. The number of hydrogen-bond donors (Lipinski definition) is 0. The van der Waals surface area contributed by atoms with Crippen LogP contribution in [0.5, 0.6) is 5.75 Å². The lowest BCUT2D eigenvalue weighted by Crippen LogP contribution is -2.47. The van der Waals surface area contributed by atoms with Crippen molar-refractivity contribution in [1.82, 2.24) is 14.4 Å². The Kier molecular flexibility index (Phi) is 5.63. The Bertz CT molecular complexity index is 934. The molecule has 5 rings (SSSR count). The Morgan fingerprint density at radius 1 is 0.967 bits per heavy atom. The van der Waals surface area contributed by atoms with Crippen LogP contribution in [0.2, 0.25) is 0 Å². The van der Waals surface area contributed by atoms with E-state index >= 15 is 0 Å². The zero-order valence-corrected chi connectivity index (χ0v) is 17.8. The van der Waals surface area contributed by atoms with E-state index in [9.17, 15) is 4.79 Å². The summed E-state index contributed by atoms with van der Waals surface area (Å²) >= 11 is 0. The van der Waals surface area contributed by atoms with Gasteiger partial charge in [0.2, 0.25) is 0 Å². The molecule has 3 aliphatic rings. The first-order valence-electron chi connectivity index (χ1n) is 11.1. The van der Waals surface area contributed by atoms with Crippen LogP contribution >= 0.6 is 0 Å². The predicted molar refractivity (Wildman–Crippen MR) is 116 cm³/mol. The quantitative estimate of drug-likeness (QED) is 0.759. The topological polar surface area (TPSA) is 46.9 Å². The molecule has 0 unspecified atom stereocenters. The van der Waals surface area contributed by atoms with Crippen LogP contribution in [0.3, 0.4) is 0 Å². The average molecular weight is 410 g/mol. The second kappa shape index (κ2) is 8.53. The van der Waals surface area contributed by atoms with Crippen molar-refractivity contribution in [3.05, 3.63) is 63.6 Å². The van der Waals surface area contributed by atoms with E-state index in [1.807, 2.05) is 12.1 Å². The predicted octanol–water partition coefficient (Wildman–Crippen LogP) is 2.31. The number of aromatic nitrogens is 1. The molecule has 6 nitrogen and oxygen atoms in total. The van der Waals surface area contributed by atoms with E-state index in [0.717, 1.165) is 70.3 Å². The van der Waals surface area contributed by atoms with Gasteiger partial charge in [0.1, 0.15) is 5.75 Å². The first-order valence-corrected chi connectivity index (χ1v) is 11.1. The number of benzene rings is 1. The molecule has 2 fully saturated rings. The standard InChI is InChI=1S/C24H31N3O3/c1-29-22-5-2-18(3-6-22)13-26-14-19-12-21(17-26)23-7-4-20(24(28)27(23)15-19)16-25-8-10-30-11-9-25/h2-7,19,21H,8-17H2,1H3/t19-,21+/m0/s1. The molecule has 2 bridgehead atoms. The maximum absolute atomic E-state index is 13.2. The van der Waals surface area contributed by atoms with Crippen molar-refractivity contribution < 1.29 is 9.47 Å². The molecule has 0 saturated carbocycles. The van der Waals surface area contributed by atoms with Gasteiger partial charge >= 0.3 is 0 Å². The van der Waals surface area contributed by atoms with Gasteiger partial charge in [-0.25, -0.2) is 0 Å². The van der Waals surface area contributed by atoms with Crippen LogP contribution in [0.15, 0.2) is 41.2 Å². The summed E-state index contributed by atoms with van der Waals surface area (Å²) in [5, 5.41) is 0. The second-order valence-electron chi connectivity index (χ2n) is 8.93. The van der Waals surface area contributed by atoms with Crippen LogP contribution in [0.1, 0.15) is 29.2 Å². The molecule has 0 radical (unpaired) electrons. The maximum atomic E-state index is 13.2. The lowest BCUT2D eigenvalue weighted by atomic mass is 9.82. The molecular weight excluding hydrogens is 378 g/mol. The van der Waals surface area contributed by atoms with Gasteiger partial charge < -0.3 is 14.0 Å². The first kappa shape index (κ1) is 19.8. The molecule has 3 aliphatic heterocycles. The first-order chi connectivity index (χ1) is 14.7. The van der Waals surface area contributed by atoms with Gasteiger partial charge in [-0.15, -0.1) is 0 Å². The molecule has 0 aliphatic carbocycles. The van der Waals surface area contributed by atoms with Gasteiger partial charge in [-0.2, -0.15) is 0 Å². The maximum Gasteiger partial charge on any atom is 0.255 e. The normalized spacial score (nSPS) is 24.4. The molecule has 4 heterocycles. The van der Waals surface area contributed by atoms with Crippen LogP contribution in [0.4, 0.5) is 0 Å². The van der Waals surface area contributed by atoms with Crippen LogP contribution < -0.4 is 10.3 Å². The van der Waals surface area contributed by atoms with Crippen molar-refractivity contribution in [2.24, 2.45) is 5.92 Å². The number of pyridine rings is 1. The third kappa shape index (κ3) is 4.04. The van der Waals surface area contributed by atoms with Gasteiger partial charge in [-0.3, -0.25) is 14.6 Å². The minimum Gasteiger partial charge on any atom is -0.497 e. The highest BCUT2D eigenvalue weighted by atomic mass is 16.5. The Hall–Kier alpha value is -2.15. The van der Waals surface area contributed by atoms with Gasteiger partial charge in [-0.1, -0.05) is 18.2 Å². The van der Waals surface area contributed by atoms with E-state index in [-0.39, 0.29) is 5.56 Å². The molecule has 6 heteroatoms. The molecule has 160 valence electrons. The zero-order valence-electron chi connectivity index (χ0n) is 17.8. The van der Waals surface area contributed by atoms with E-state index in [2.05, 4.69) is 38.6 Å². The molecule has 2 saturated heterocycles. The number of nitrogens with zero attached hydrogens (tertiary/aromatic N) is 3. The van der Waals surface area contributed by atoms with E-state index in [0.29, 0.717) is 11.8 Å². The molecular formula is C24H31N3O3. The summed E-state index contributed by atoms with van der Waals surface area (Å²) in [5.41, 5.74) is 3.68. The minimum absolute atomic E-state index is 0.220. The van der Waals surface area contributed by atoms with Crippen molar-refractivity contribution in [1.29, 1.82) is 0 Å². The van der Waals surface area contributed by atoms with E-state index in [4.69, 9.17) is 9.47 Å². The number of likely N-dealkylation sites (tertiary alicyclic amines) is 1. The van der Waals surface area contributed by atoms with Gasteiger partial charge in [0.25, 0.3) is 5.56 Å². The molecule has 2 aromatic rings. The summed E-state index contributed by atoms with van der Waals surface area (Å²) in [7, 11) is 1.70. The Morgan fingerprint density at radius 3 is 2.53 bits per heavy atom. The highest BCUT2D eigenvalue weighted by molar-refractivity contribution is 5.27. The van der Waals surface area contributed by atoms with Crippen molar-refractivity contribution in [2.75, 3.05) is 46.5 Å². The molecule has 0 amide bonds. The minimum atomic E-state index is 0.220. The highest BCUT2D eigenvalue weighted by Crippen LogP contribution is 2.35. The van der Waals surface area contributed by atoms with Crippen molar-refractivity contribution >= 4 is 0 Å². The lowest BCUT2D eigenvalue weighted by molar-refractivity contribution is 0.0338. The number of rotatable bonds is 5. The van der Waals surface area contributed by atoms with Crippen LogP contribution in [0, 0.1) is 5.92 Å². The summed E-state index contributed by atoms with van der Waals surface area (Å²) in [6, 6.07) is 12.7. The summed E-state index contributed by atoms with van der Waals surface area (Å²) in [4.78, 5) is 18.1. The van der Waals surface area contributed by atoms with Gasteiger partial charge in [-0.05, 0) is 36.1 Å². The summed E-state index contributed by atoms with van der Waals surface area (Å²) in [6.07, 6.45) is 1.20. The van der Waals surface area contributed by atoms with Crippen molar-refractivity contribution in [3.63, 3.8) is 0 Å². The molecule has 0 spiro atoms. The fourth-order valence-electron chi connectivity index (χ4n) is 5.33. The van der Waals surface area contributed by atoms with Crippen LogP contribution in [-0.2, 0) is 24.4 Å². The Morgan fingerprint density at radius 2 is 1.77 bits per heavy atom. The smallest absolute Gasteiger partial charge is 0.255 e. The van der Waals surface area contributed by atoms with Crippen molar-refractivity contribution in [3.8, 4) is 5.75 Å². The SMILES string of the molecule is COc1ccc(CN2C[C@@H]3C[C@H](C2)c2ccc(CN4CCOCC4)c(=O)n2C3)cc1. The molecule has 1 aromatic heterocycles. The number of fused-ring (bicyclic) bond motifs is 4. The number of hydrogen-bond acceptors (Lipinski definition) is 5. The third-order valence-electron chi connectivity index (χ3n) is 6.82. The van der Waals surface area contributed by atoms with Crippen molar-refractivity contribution in [2.45, 2.75) is 32.0 Å². The fraction of sp³-hybridized carbons (Fsp3) is 0.542. The summed E-state index contributed by atoms with van der Waals surface area (Å²) in [6.45, 7) is 7.96. The largest absolute Gasteiger partial charge is 0.497 e. The average Bonchev–Trinajstić information content (AvgIpc) is 2.77. The highest BCUT2D eigenvalue weighted by Gasteiger charge is 2.35. The van der Waals surface area contributed by atoms with Gasteiger partial charge in [0.05, 0.1) is 20.3 Å². The van der Waals surface area contributed by atoms with E-state index in [1.54, 1.807) is 7.11 Å². The third-order valence-corrected chi connectivity index (χ3v) is 6.82. The number of piperidine rings is 1. The van der Waals surface area contributed by atoms with Gasteiger partial charge in [0.15, 0.2) is 0 Å². The Labute approximate surface area is 178 Å². The zero-order chi connectivity index (χ0) is 20.5. The van der Waals surface area contributed by atoms with E-state index in [1.165, 1.54) is 17.7 Å². The molecule has 30 heavy (non-hydrogen) atoms. The number of methoxy groups -OCH3 is 1. The molecule has 2 atom stereocenters. The molecule has 0 N–H and O–H groups in total. The van der Waals surface area contributed by atoms with E-state index < -0.39 is 0 Å². The van der Waals surface area contributed by atoms with Crippen LogP contribution in [0.25, 0.3) is 0 Å². The fourth-order valence-corrected chi connectivity index (χ4v) is 5.33. The number of morpholine rings is 1. The number of ether oxygens (including phenoxy) is 2. The van der Waals surface area contributed by atoms with Crippen LogP contribution in [-0.4, -0.2) is 60.9 Å². The molecule has 1 aromatic carbocycles. The second-order valence-corrected chi connectivity index (χ2v) is 8.93. The van der Waals surface area contributed by atoms with Gasteiger partial charge in [0, 0.05) is 63.0 Å². The summed E-state index contributed by atoms with van der Waals surface area (Å²) < 4.78 is 12.8.